The SMILES string of the molecule is CC(O)C(NC(=O)C(CC(=O)O)NC(=O)C(CCCN=C(N)N)NC(=O)C(N)CCCN=C(N)N)C(=O)O. The lowest BCUT2D eigenvalue weighted by Gasteiger charge is -2.25. The molecule has 0 spiro atoms. The molecular weight excluding hydrogens is 508 g/mol. The van der Waals surface area contributed by atoms with Crippen LogP contribution in [0.5, 0.6) is 0 Å². The molecule has 0 radical (unpaired) electrons. The minimum absolute atomic E-state index is 0.0259. The Hall–Kier alpha value is -4.19. The summed E-state index contributed by atoms with van der Waals surface area (Å²) in [5.41, 5.74) is 26.9. The fourth-order valence-corrected chi connectivity index (χ4v) is 3.00. The van der Waals surface area contributed by atoms with Gasteiger partial charge in [0, 0.05) is 13.1 Å². The van der Waals surface area contributed by atoms with Gasteiger partial charge in [0.25, 0.3) is 0 Å². The van der Waals surface area contributed by atoms with Crippen LogP contribution in [-0.4, -0.2) is 100 Å². The predicted molar refractivity (Wildman–Crippen MR) is 135 cm³/mol. The Bertz CT molecular complexity index is 887. The lowest BCUT2D eigenvalue weighted by Crippen LogP contribution is -2.58. The fraction of sp³-hybridized carbons (Fsp3) is 0.650. The highest BCUT2D eigenvalue weighted by molar-refractivity contribution is 5.95. The molecule has 0 heterocycles. The first-order chi connectivity index (χ1) is 17.6. The quantitative estimate of drug-likeness (QED) is 0.0435. The first kappa shape index (κ1) is 33.8. The summed E-state index contributed by atoms with van der Waals surface area (Å²) in [6.07, 6.45) is -1.72. The summed E-state index contributed by atoms with van der Waals surface area (Å²) >= 11 is 0. The van der Waals surface area contributed by atoms with Crippen molar-refractivity contribution < 1.29 is 39.3 Å². The van der Waals surface area contributed by atoms with E-state index in [4.69, 9.17) is 33.8 Å². The third kappa shape index (κ3) is 14.4. The molecule has 0 rings (SSSR count). The minimum Gasteiger partial charge on any atom is -0.481 e. The molecule has 0 aliphatic rings. The van der Waals surface area contributed by atoms with Crippen LogP contribution >= 0.6 is 0 Å². The van der Waals surface area contributed by atoms with E-state index in [9.17, 15) is 34.2 Å². The van der Waals surface area contributed by atoms with Gasteiger partial charge in [-0.1, -0.05) is 0 Å². The number of carbonyl (C=O) groups excluding carboxylic acids is 3. The second-order valence-electron chi connectivity index (χ2n) is 8.29. The normalized spacial score (nSPS) is 14.5. The van der Waals surface area contributed by atoms with Gasteiger partial charge in [-0.25, -0.2) is 4.79 Å². The standard InChI is InChI=1S/C20H38N10O8/c1-9(31)14(18(37)38)30-17(36)12(8-13(32)33)29-16(35)11(5-3-7-27-20(24)25)28-15(34)10(21)4-2-6-26-19(22)23/h9-12,14,31H,2-8,21H2,1H3,(H,28,34)(H,29,35)(H,30,36)(H,32,33)(H,37,38)(H4,22,23,26)(H4,24,25,27). The number of guanidine groups is 2. The number of hydrogen-bond donors (Lipinski definition) is 11. The van der Waals surface area contributed by atoms with E-state index in [1.807, 2.05) is 5.32 Å². The van der Waals surface area contributed by atoms with E-state index >= 15 is 0 Å². The maximum atomic E-state index is 13.0. The van der Waals surface area contributed by atoms with Crippen molar-refractivity contribution >= 4 is 41.6 Å². The number of carboxylic acid groups (broad SMARTS) is 2. The van der Waals surface area contributed by atoms with Crippen molar-refractivity contribution in [2.75, 3.05) is 13.1 Å². The van der Waals surface area contributed by atoms with Gasteiger partial charge < -0.3 is 59.9 Å². The van der Waals surface area contributed by atoms with Gasteiger partial charge in [0.05, 0.1) is 18.6 Å². The molecular formula is C20H38N10O8. The van der Waals surface area contributed by atoms with Crippen LogP contribution in [0.2, 0.25) is 0 Å². The predicted octanol–water partition coefficient (Wildman–Crippen LogP) is -5.18. The molecule has 5 atom stereocenters. The number of nitrogens with one attached hydrogen (secondary N) is 3. The van der Waals surface area contributed by atoms with Crippen LogP contribution in [0.1, 0.15) is 39.0 Å². The molecule has 5 unspecified atom stereocenters. The smallest absolute Gasteiger partial charge is 0.328 e. The summed E-state index contributed by atoms with van der Waals surface area (Å²) in [5.74, 6) is -6.20. The third-order valence-corrected chi connectivity index (χ3v) is 4.94. The lowest BCUT2D eigenvalue weighted by molar-refractivity contribution is -0.146. The van der Waals surface area contributed by atoms with Crippen molar-refractivity contribution in [2.24, 2.45) is 38.7 Å². The monoisotopic (exact) mass is 546 g/mol. The molecule has 0 aromatic rings. The van der Waals surface area contributed by atoms with E-state index < -0.39 is 66.4 Å². The van der Waals surface area contributed by atoms with Gasteiger partial charge in [0.2, 0.25) is 17.7 Å². The second-order valence-corrected chi connectivity index (χ2v) is 8.29. The Morgan fingerprint density at radius 2 is 1.24 bits per heavy atom. The van der Waals surface area contributed by atoms with Crippen LogP contribution in [0.15, 0.2) is 9.98 Å². The number of amides is 3. The summed E-state index contributed by atoms with van der Waals surface area (Å²) in [6.45, 7) is 1.42. The molecule has 0 aliphatic heterocycles. The molecule has 3 amide bonds. The van der Waals surface area contributed by atoms with Crippen LogP contribution in [-0.2, 0) is 24.0 Å². The molecule has 0 bridgehead atoms. The van der Waals surface area contributed by atoms with Crippen LogP contribution in [0.3, 0.4) is 0 Å². The Balaban J connectivity index is 5.58. The summed E-state index contributed by atoms with van der Waals surface area (Å²) in [7, 11) is 0. The number of aliphatic hydroxyl groups excluding tert-OH is 1. The zero-order chi connectivity index (χ0) is 29.4. The highest BCUT2D eigenvalue weighted by atomic mass is 16.4. The van der Waals surface area contributed by atoms with Crippen molar-refractivity contribution in [1.29, 1.82) is 0 Å². The van der Waals surface area contributed by atoms with Crippen molar-refractivity contribution in [3.8, 4) is 0 Å². The number of hydrogen-bond acceptors (Lipinski definition) is 9. The number of aliphatic carboxylic acids is 2. The van der Waals surface area contributed by atoms with Crippen LogP contribution in [0.25, 0.3) is 0 Å². The maximum Gasteiger partial charge on any atom is 0.328 e. The van der Waals surface area contributed by atoms with E-state index in [0.29, 0.717) is 6.42 Å². The van der Waals surface area contributed by atoms with Gasteiger partial charge in [-0.3, -0.25) is 29.2 Å². The van der Waals surface area contributed by atoms with Crippen molar-refractivity contribution in [2.45, 2.75) is 69.3 Å². The zero-order valence-electron chi connectivity index (χ0n) is 21.0. The average molecular weight is 547 g/mol. The molecule has 18 nitrogen and oxygen atoms in total. The molecule has 0 aromatic heterocycles. The van der Waals surface area contributed by atoms with Crippen LogP contribution < -0.4 is 44.6 Å². The van der Waals surface area contributed by atoms with Gasteiger partial charge in [-0.2, -0.15) is 0 Å². The number of nitrogens with two attached hydrogens (primary N) is 5. The van der Waals surface area contributed by atoms with E-state index in [2.05, 4.69) is 20.6 Å². The Morgan fingerprint density at radius 3 is 1.68 bits per heavy atom. The van der Waals surface area contributed by atoms with Crippen molar-refractivity contribution in [3.05, 3.63) is 0 Å². The van der Waals surface area contributed by atoms with Gasteiger partial charge in [0.1, 0.15) is 12.1 Å². The maximum absolute atomic E-state index is 13.0. The van der Waals surface area contributed by atoms with Crippen molar-refractivity contribution in [1.82, 2.24) is 16.0 Å². The molecule has 18 heteroatoms. The number of aliphatic imine (C=N–C) groups is 2. The first-order valence-corrected chi connectivity index (χ1v) is 11.6. The van der Waals surface area contributed by atoms with Crippen LogP contribution in [0, 0.1) is 0 Å². The Kier molecular flexibility index (Phi) is 15.4. The Morgan fingerprint density at radius 1 is 0.763 bits per heavy atom. The molecule has 0 saturated heterocycles. The minimum atomic E-state index is -1.76. The molecule has 0 saturated carbocycles. The molecule has 0 aromatic carbocycles. The molecule has 0 aliphatic carbocycles. The van der Waals surface area contributed by atoms with E-state index in [0.717, 1.165) is 6.92 Å². The van der Waals surface area contributed by atoms with Crippen LogP contribution in [0.4, 0.5) is 0 Å². The average Bonchev–Trinajstić information content (AvgIpc) is 2.80. The fourth-order valence-electron chi connectivity index (χ4n) is 3.00. The third-order valence-electron chi connectivity index (χ3n) is 4.94. The second kappa shape index (κ2) is 17.3. The summed E-state index contributed by atoms with van der Waals surface area (Å²) in [4.78, 5) is 68.2. The number of nitrogens with zero attached hydrogens (tertiary/aromatic N) is 2. The summed E-state index contributed by atoms with van der Waals surface area (Å²) in [6, 6.07) is -5.82. The molecule has 38 heavy (non-hydrogen) atoms. The van der Waals surface area contributed by atoms with E-state index in [-0.39, 0.29) is 44.3 Å². The van der Waals surface area contributed by atoms with E-state index in [1.165, 1.54) is 0 Å². The zero-order valence-corrected chi connectivity index (χ0v) is 21.0. The number of carbonyl (C=O) groups is 5. The van der Waals surface area contributed by atoms with Gasteiger partial charge >= 0.3 is 11.9 Å². The molecule has 16 N–H and O–H groups in total. The van der Waals surface area contributed by atoms with Gasteiger partial charge in [-0.15, -0.1) is 0 Å². The largest absolute Gasteiger partial charge is 0.481 e. The Labute approximate surface area is 218 Å². The highest BCUT2D eigenvalue weighted by Crippen LogP contribution is 2.05. The van der Waals surface area contributed by atoms with Gasteiger partial charge in [0.15, 0.2) is 18.0 Å². The topological polar surface area (TPSA) is 337 Å². The van der Waals surface area contributed by atoms with E-state index in [1.54, 1.807) is 0 Å². The lowest BCUT2D eigenvalue weighted by atomic mass is 10.1. The molecule has 216 valence electrons. The number of aliphatic hydroxyl groups is 1. The van der Waals surface area contributed by atoms with Gasteiger partial charge in [-0.05, 0) is 32.6 Å². The summed E-state index contributed by atoms with van der Waals surface area (Å²) < 4.78 is 0. The van der Waals surface area contributed by atoms with Crippen molar-refractivity contribution in [3.63, 3.8) is 0 Å². The summed E-state index contributed by atoms with van der Waals surface area (Å²) in [5, 5.41) is 34.5. The molecule has 0 fully saturated rings. The highest BCUT2D eigenvalue weighted by Gasteiger charge is 2.32. The number of rotatable bonds is 18. The number of carboxylic acids is 2. The first-order valence-electron chi connectivity index (χ1n) is 11.6.